The average molecular weight is 287 g/mol. The molecule has 0 saturated carbocycles. The Morgan fingerprint density at radius 1 is 1.29 bits per heavy atom. The predicted molar refractivity (Wildman–Crippen MR) is 80.9 cm³/mol. The first-order valence-corrected chi connectivity index (χ1v) is 6.87. The summed E-state index contributed by atoms with van der Waals surface area (Å²) in [6.07, 6.45) is 3.01. The maximum Gasteiger partial charge on any atom is 0.408 e. The topological polar surface area (TPSA) is 56.2 Å². The van der Waals surface area contributed by atoms with Crippen molar-refractivity contribution in [2.75, 3.05) is 0 Å². The van der Waals surface area contributed by atoms with Crippen molar-refractivity contribution in [1.82, 2.24) is 14.9 Å². The molecule has 1 aromatic carbocycles. The van der Waals surface area contributed by atoms with Crippen molar-refractivity contribution in [1.29, 1.82) is 0 Å². The first-order valence-electron chi connectivity index (χ1n) is 6.87. The molecule has 0 aliphatic heterocycles. The summed E-state index contributed by atoms with van der Waals surface area (Å²) in [5, 5.41) is 2.91. The Morgan fingerprint density at radius 3 is 2.48 bits per heavy atom. The molecule has 0 aliphatic carbocycles. The number of carbonyl (C=O) groups excluding carboxylic acids is 1. The zero-order valence-corrected chi connectivity index (χ0v) is 12.8. The molecule has 1 atom stereocenters. The zero-order chi connectivity index (χ0) is 15.5. The fourth-order valence-corrected chi connectivity index (χ4v) is 2.04. The quantitative estimate of drug-likeness (QED) is 0.944. The molecule has 0 fully saturated rings. The van der Waals surface area contributed by atoms with Crippen LogP contribution in [0.15, 0.2) is 42.9 Å². The maximum atomic E-state index is 12.1. The summed E-state index contributed by atoms with van der Waals surface area (Å²) < 4.78 is 7.23. The fraction of sp³-hybridized carbons (Fsp3) is 0.375. The van der Waals surface area contributed by atoms with E-state index >= 15 is 0 Å². The summed E-state index contributed by atoms with van der Waals surface area (Å²) in [4.78, 5) is 16.2. The number of hydrogen-bond acceptors (Lipinski definition) is 3. The first kappa shape index (κ1) is 15.1. The number of benzene rings is 1. The van der Waals surface area contributed by atoms with E-state index in [1.165, 1.54) is 0 Å². The molecular formula is C16H21N3O2. The molecule has 1 N–H and O–H groups in total. The van der Waals surface area contributed by atoms with Crippen LogP contribution in [0.4, 0.5) is 4.79 Å². The number of imidazole rings is 1. The highest BCUT2D eigenvalue weighted by Crippen LogP contribution is 2.22. The maximum absolute atomic E-state index is 12.1. The number of ether oxygens (including phenoxy) is 1. The van der Waals surface area contributed by atoms with Gasteiger partial charge in [-0.15, -0.1) is 0 Å². The number of alkyl carbamates (subject to hydrolysis) is 1. The molecule has 2 aromatic rings. The molecule has 1 unspecified atom stereocenters. The van der Waals surface area contributed by atoms with E-state index in [-0.39, 0.29) is 6.04 Å². The van der Waals surface area contributed by atoms with Crippen molar-refractivity contribution < 1.29 is 9.53 Å². The van der Waals surface area contributed by atoms with Crippen molar-refractivity contribution in [2.45, 2.75) is 32.4 Å². The molecule has 5 nitrogen and oxygen atoms in total. The highest BCUT2D eigenvalue weighted by Gasteiger charge is 2.23. The standard InChI is InChI=1S/C16H21N3O2/c1-16(2,3)21-15(20)18-14(12-8-6-5-7-9-12)13-10-17-11-19(13)4/h5-11,14H,1-4H3,(H,18,20). The van der Waals surface area contributed by atoms with Gasteiger partial charge in [0.2, 0.25) is 0 Å². The third-order valence-corrected chi connectivity index (χ3v) is 2.94. The number of nitrogens with zero attached hydrogens (tertiary/aromatic N) is 2. The lowest BCUT2D eigenvalue weighted by Crippen LogP contribution is -2.36. The minimum absolute atomic E-state index is 0.298. The highest BCUT2D eigenvalue weighted by atomic mass is 16.6. The van der Waals surface area contributed by atoms with E-state index in [1.807, 2.05) is 62.7 Å². The lowest BCUT2D eigenvalue weighted by Gasteiger charge is -2.24. The Hall–Kier alpha value is -2.30. The number of aryl methyl sites for hydroxylation is 1. The van der Waals surface area contributed by atoms with Crippen LogP contribution >= 0.6 is 0 Å². The minimum atomic E-state index is -0.530. The minimum Gasteiger partial charge on any atom is -0.444 e. The van der Waals surface area contributed by atoms with Gasteiger partial charge >= 0.3 is 6.09 Å². The van der Waals surface area contributed by atoms with E-state index in [0.29, 0.717) is 0 Å². The van der Waals surface area contributed by atoms with Gasteiger partial charge in [0.1, 0.15) is 5.60 Å². The van der Waals surface area contributed by atoms with Gasteiger partial charge < -0.3 is 14.6 Å². The molecule has 112 valence electrons. The fourth-order valence-electron chi connectivity index (χ4n) is 2.04. The van der Waals surface area contributed by atoms with E-state index in [1.54, 1.807) is 12.5 Å². The van der Waals surface area contributed by atoms with Gasteiger partial charge in [-0.25, -0.2) is 9.78 Å². The van der Waals surface area contributed by atoms with Crippen LogP contribution in [0.5, 0.6) is 0 Å². The molecule has 0 spiro atoms. The number of hydrogen-bond donors (Lipinski definition) is 1. The van der Waals surface area contributed by atoms with Crippen LogP contribution in [0.2, 0.25) is 0 Å². The van der Waals surface area contributed by atoms with Crippen molar-refractivity contribution in [3.8, 4) is 0 Å². The monoisotopic (exact) mass is 287 g/mol. The van der Waals surface area contributed by atoms with Crippen LogP contribution in [0.25, 0.3) is 0 Å². The summed E-state index contributed by atoms with van der Waals surface area (Å²) >= 11 is 0. The molecule has 0 saturated heterocycles. The molecule has 21 heavy (non-hydrogen) atoms. The molecule has 2 rings (SSSR count). The van der Waals surface area contributed by atoms with E-state index in [4.69, 9.17) is 4.74 Å². The second-order valence-corrected chi connectivity index (χ2v) is 5.92. The molecular weight excluding hydrogens is 266 g/mol. The van der Waals surface area contributed by atoms with Crippen LogP contribution in [-0.4, -0.2) is 21.2 Å². The lowest BCUT2D eigenvalue weighted by atomic mass is 10.0. The van der Waals surface area contributed by atoms with Crippen LogP contribution in [0.3, 0.4) is 0 Å². The first-order chi connectivity index (χ1) is 9.87. The third-order valence-electron chi connectivity index (χ3n) is 2.94. The molecule has 0 bridgehead atoms. The molecule has 1 heterocycles. The van der Waals surface area contributed by atoms with E-state index < -0.39 is 11.7 Å². The van der Waals surface area contributed by atoms with Crippen molar-refractivity contribution in [2.24, 2.45) is 7.05 Å². The van der Waals surface area contributed by atoms with Gasteiger partial charge in [0.25, 0.3) is 0 Å². The third kappa shape index (κ3) is 4.08. The van der Waals surface area contributed by atoms with Gasteiger partial charge in [-0.3, -0.25) is 0 Å². The summed E-state index contributed by atoms with van der Waals surface area (Å²) in [6, 6.07) is 9.46. The summed E-state index contributed by atoms with van der Waals surface area (Å²) in [5.41, 5.74) is 1.34. The van der Waals surface area contributed by atoms with Crippen LogP contribution in [-0.2, 0) is 11.8 Å². The SMILES string of the molecule is Cn1cncc1C(NC(=O)OC(C)(C)C)c1ccccc1. The van der Waals surface area contributed by atoms with Crippen LogP contribution < -0.4 is 5.32 Å². The van der Waals surface area contributed by atoms with E-state index in [0.717, 1.165) is 11.3 Å². The van der Waals surface area contributed by atoms with Crippen LogP contribution in [0, 0.1) is 0 Å². The molecule has 0 aliphatic rings. The van der Waals surface area contributed by atoms with Crippen molar-refractivity contribution in [3.63, 3.8) is 0 Å². The van der Waals surface area contributed by atoms with Gasteiger partial charge in [-0.2, -0.15) is 0 Å². The highest BCUT2D eigenvalue weighted by molar-refractivity contribution is 5.69. The number of amides is 1. The van der Waals surface area contributed by atoms with Crippen LogP contribution in [0.1, 0.15) is 38.1 Å². The lowest BCUT2D eigenvalue weighted by molar-refractivity contribution is 0.0511. The Labute approximate surface area is 125 Å². The number of carbonyl (C=O) groups is 1. The summed E-state index contributed by atoms with van der Waals surface area (Å²) in [6.45, 7) is 5.52. The van der Waals surface area contributed by atoms with Gasteiger partial charge in [0, 0.05) is 7.05 Å². The van der Waals surface area contributed by atoms with E-state index in [9.17, 15) is 4.79 Å². The molecule has 5 heteroatoms. The van der Waals surface area contributed by atoms with Gasteiger partial charge in [-0.05, 0) is 26.3 Å². The molecule has 1 amide bonds. The largest absolute Gasteiger partial charge is 0.444 e. The normalized spacial score (nSPS) is 12.8. The van der Waals surface area contributed by atoms with Crippen molar-refractivity contribution >= 4 is 6.09 Å². The van der Waals surface area contributed by atoms with Gasteiger partial charge in [0.15, 0.2) is 0 Å². The van der Waals surface area contributed by atoms with Gasteiger partial charge in [0.05, 0.1) is 24.3 Å². The predicted octanol–water partition coefficient (Wildman–Crippen LogP) is 3.03. The zero-order valence-electron chi connectivity index (χ0n) is 12.8. The van der Waals surface area contributed by atoms with E-state index in [2.05, 4.69) is 10.3 Å². The molecule has 1 aromatic heterocycles. The smallest absolute Gasteiger partial charge is 0.408 e. The number of nitrogens with one attached hydrogen (secondary N) is 1. The Bertz CT molecular complexity index is 599. The summed E-state index contributed by atoms with van der Waals surface area (Å²) in [5.74, 6) is 0. The van der Waals surface area contributed by atoms with Crippen molar-refractivity contribution in [3.05, 3.63) is 54.1 Å². The molecule has 0 radical (unpaired) electrons. The van der Waals surface area contributed by atoms with Gasteiger partial charge in [-0.1, -0.05) is 30.3 Å². The number of rotatable bonds is 3. The second-order valence-electron chi connectivity index (χ2n) is 5.92. The Balaban J connectivity index is 2.26. The number of aromatic nitrogens is 2. The summed E-state index contributed by atoms with van der Waals surface area (Å²) in [7, 11) is 1.90. The Kier molecular flexibility index (Phi) is 4.31. The second kappa shape index (κ2) is 5.99. The Morgan fingerprint density at radius 2 is 1.95 bits per heavy atom. The average Bonchev–Trinajstić information content (AvgIpc) is 2.81.